The molecule has 10 heteroatoms. The highest BCUT2D eigenvalue weighted by Crippen LogP contribution is 2.26. The Labute approximate surface area is 118 Å². The normalized spacial score (nSPS) is 12.3. The molecule has 21 heavy (non-hydrogen) atoms. The van der Waals surface area contributed by atoms with Crippen molar-refractivity contribution < 1.29 is 26.3 Å². The van der Waals surface area contributed by atoms with Crippen LogP contribution in [0.1, 0.15) is 5.56 Å². The minimum Gasteiger partial charge on any atom is -0.405 e. The SMILES string of the molecule is O=S(=O)(NCc1ccccc1OC(F)(F)F)c1ccn[nH]1. The summed E-state index contributed by atoms with van der Waals surface area (Å²) in [6, 6.07) is 6.49. The monoisotopic (exact) mass is 321 g/mol. The van der Waals surface area contributed by atoms with E-state index in [9.17, 15) is 21.6 Å². The van der Waals surface area contributed by atoms with E-state index in [-0.39, 0.29) is 17.1 Å². The van der Waals surface area contributed by atoms with Crippen LogP contribution in [0.15, 0.2) is 41.6 Å². The summed E-state index contributed by atoms with van der Waals surface area (Å²) >= 11 is 0. The van der Waals surface area contributed by atoms with E-state index in [4.69, 9.17) is 0 Å². The number of rotatable bonds is 5. The van der Waals surface area contributed by atoms with E-state index in [1.165, 1.54) is 30.5 Å². The third-order valence-electron chi connectivity index (χ3n) is 2.42. The zero-order chi connectivity index (χ0) is 15.5. The van der Waals surface area contributed by atoms with Gasteiger partial charge in [0.25, 0.3) is 10.0 Å². The average molecular weight is 321 g/mol. The number of ether oxygens (including phenoxy) is 1. The van der Waals surface area contributed by atoms with Gasteiger partial charge in [-0.05, 0) is 12.1 Å². The molecule has 0 bridgehead atoms. The fourth-order valence-electron chi connectivity index (χ4n) is 1.52. The predicted molar refractivity (Wildman–Crippen MR) is 65.7 cm³/mol. The summed E-state index contributed by atoms with van der Waals surface area (Å²) in [5.74, 6) is -0.461. The molecule has 6 nitrogen and oxygen atoms in total. The zero-order valence-corrected chi connectivity index (χ0v) is 11.2. The molecule has 1 aromatic carbocycles. The molecule has 0 unspecified atom stereocenters. The van der Waals surface area contributed by atoms with Crippen LogP contribution < -0.4 is 9.46 Å². The maximum atomic E-state index is 12.2. The molecule has 0 spiro atoms. The number of hydrogen-bond donors (Lipinski definition) is 2. The van der Waals surface area contributed by atoms with E-state index < -0.39 is 22.1 Å². The van der Waals surface area contributed by atoms with Crippen LogP contribution in [0.5, 0.6) is 5.75 Å². The van der Waals surface area contributed by atoms with E-state index >= 15 is 0 Å². The molecule has 0 saturated heterocycles. The van der Waals surface area contributed by atoms with Gasteiger partial charge in [-0.25, -0.2) is 13.1 Å². The van der Waals surface area contributed by atoms with Gasteiger partial charge in [0.2, 0.25) is 0 Å². The molecule has 2 rings (SSSR count). The third-order valence-corrected chi connectivity index (χ3v) is 3.75. The van der Waals surface area contributed by atoms with Gasteiger partial charge in [0, 0.05) is 12.1 Å². The van der Waals surface area contributed by atoms with Crippen LogP contribution in [0.3, 0.4) is 0 Å². The molecule has 0 aliphatic heterocycles. The second kappa shape index (κ2) is 5.74. The van der Waals surface area contributed by atoms with Crippen molar-refractivity contribution >= 4 is 10.0 Å². The number of para-hydroxylation sites is 1. The maximum Gasteiger partial charge on any atom is 0.573 e. The van der Waals surface area contributed by atoms with E-state index in [0.717, 1.165) is 6.07 Å². The van der Waals surface area contributed by atoms with Crippen LogP contribution in [0, 0.1) is 0 Å². The van der Waals surface area contributed by atoms with Crippen LogP contribution in [-0.2, 0) is 16.6 Å². The molecule has 0 aliphatic carbocycles. The van der Waals surface area contributed by atoms with Gasteiger partial charge in [-0.2, -0.15) is 5.10 Å². The molecule has 0 fully saturated rings. The number of hydrogen-bond acceptors (Lipinski definition) is 4. The molecule has 0 saturated carbocycles. The number of H-pyrrole nitrogens is 1. The van der Waals surface area contributed by atoms with E-state index in [1.54, 1.807) is 0 Å². The van der Waals surface area contributed by atoms with Crippen molar-refractivity contribution in [2.24, 2.45) is 0 Å². The summed E-state index contributed by atoms with van der Waals surface area (Å²) in [6.45, 7) is -0.354. The molecule has 2 N–H and O–H groups in total. The number of aromatic nitrogens is 2. The Morgan fingerprint density at radius 1 is 1.24 bits per heavy atom. The van der Waals surface area contributed by atoms with Crippen molar-refractivity contribution in [3.8, 4) is 5.75 Å². The molecule has 0 aliphatic rings. The van der Waals surface area contributed by atoms with Gasteiger partial charge in [0.15, 0.2) is 5.03 Å². The molecule has 1 heterocycles. The summed E-state index contributed by atoms with van der Waals surface area (Å²) in [7, 11) is -3.88. The summed E-state index contributed by atoms with van der Waals surface area (Å²) in [5, 5.41) is 5.56. The van der Waals surface area contributed by atoms with E-state index in [2.05, 4.69) is 19.7 Å². The number of nitrogens with zero attached hydrogens (tertiary/aromatic N) is 1. The van der Waals surface area contributed by atoms with Crippen molar-refractivity contribution in [3.05, 3.63) is 42.1 Å². The lowest BCUT2D eigenvalue weighted by atomic mass is 10.2. The van der Waals surface area contributed by atoms with Crippen molar-refractivity contribution in [2.45, 2.75) is 17.9 Å². The Morgan fingerprint density at radius 3 is 2.57 bits per heavy atom. The highest BCUT2D eigenvalue weighted by molar-refractivity contribution is 7.89. The standard InChI is InChI=1S/C11H10F3N3O3S/c12-11(13,14)20-9-4-2-1-3-8(9)7-16-21(18,19)10-5-6-15-17-10/h1-6,16H,7H2,(H,15,17). The lowest BCUT2D eigenvalue weighted by molar-refractivity contribution is -0.274. The Morgan fingerprint density at radius 2 is 1.95 bits per heavy atom. The van der Waals surface area contributed by atoms with Crippen LogP contribution >= 0.6 is 0 Å². The smallest absolute Gasteiger partial charge is 0.405 e. The van der Waals surface area contributed by atoms with Gasteiger partial charge in [-0.3, -0.25) is 5.10 Å². The predicted octanol–water partition coefficient (Wildman–Crippen LogP) is 1.79. The van der Waals surface area contributed by atoms with Crippen LogP contribution in [0.25, 0.3) is 0 Å². The van der Waals surface area contributed by atoms with E-state index in [0.29, 0.717) is 0 Å². The molecule has 114 valence electrons. The first-order valence-corrected chi connectivity index (χ1v) is 7.09. The average Bonchev–Trinajstić information content (AvgIpc) is 2.90. The van der Waals surface area contributed by atoms with Crippen molar-refractivity contribution in [2.75, 3.05) is 0 Å². The molecule has 0 atom stereocenters. The molecule has 0 amide bonds. The maximum absolute atomic E-state index is 12.2. The minimum absolute atomic E-state index is 0.0536. The quantitative estimate of drug-likeness (QED) is 0.879. The highest BCUT2D eigenvalue weighted by atomic mass is 32.2. The van der Waals surface area contributed by atoms with Crippen molar-refractivity contribution in [1.29, 1.82) is 0 Å². The largest absolute Gasteiger partial charge is 0.573 e. The number of nitrogens with one attached hydrogen (secondary N) is 2. The van der Waals surface area contributed by atoms with Crippen molar-refractivity contribution in [1.82, 2.24) is 14.9 Å². The van der Waals surface area contributed by atoms with E-state index in [1.807, 2.05) is 0 Å². The topological polar surface area (TPSA) is 84.1 Å². The molecule has 2 aromatic rings. The van der Waals surface area contributed by atoms with Crippen LogP contribution in [0.4, 0.5) is 13.2 Å². The second-order valence-corrected chi connectivity index (χ2v) is 5.64. The summed E-state index contributed by atoms with van der Waals surface area (Å²) < 4.78 is 66.4. The van der Waals surface area contributed by atoms with Crippen molar-refractivity contribution in [3.63, 3.8) is 0 Å². The first kappa shape index (κ1) is 15.3. The molecule has 1 aromatic heterocycles. The number of benzene rings is 1. The number of halogens is 3. The number of aromatic amines is 1. The van der Waals surface area contributed by atoms with Gasteiger partial charge in [0.1, 0.15) is 5.75 Å². The number of alkyl halides is 3. The van der Waals surface area contributed by atoms with Gasteiger partial charge in [-0.1, -0.05) is 18.2 Å². The van der Waals surface area contributed by atoms with Gasteiger partial charge in [-0.15, -0.1) is 13.2 Å². The van der Waals surface area contributed by atoms with Crippen LogP contribution in [0.2, 0.25) is 0 Å². The highest BCUT2D eigenvalue weighted by Gasteiger charge is 2.32. The van der Waals surface area contributed by atoms with Gasteiger partial charge < -0.3 is 4.74 Å². The second-order valence-electron chi connectivity index (χ2n) is 3.90. The summed E-state index contributed by atoms with van der Waals surface area (Å²) in [5.41, 5.74) is 0.0536. The minimum atomic E-state index is -4.85. The van der Waals surface area contributed by atoms with Crippen LogP contribution in [-0.4, -0.2) is 25.0 Å². The fourth-order valence-corrected chi connectivity index (χ4v) is 2.43. The Bertz CT molecular complexity index is 699. The third kappa shape index (κ3) is 4.20. The molecular formula is C11H10F3N3O3S. The van der Waals surface area contributed by atoms with Gasteiger partial charge >= 0.3 is 6.36 Å². The first-order valence-electron chi connectivity index (χ1n) is 5.61. The Kier molecular flexibility index (Phi) is 4.19. The molecular weight excluding hydrogens is 311 g/mol. The summed E-state index contributed by atoms with van der Waals surface area (Å²) in [6.07, 6.45) is -3.60. The Balaban J connectivity index is 2.14. The lowest BCUT2D eigenvalue weighted by Crippen LogP contribution is -2.25. The first-order chi connectivity index (χ1) is 9.78. The zero-order valence-electron chi connectivity index (χ0n) is 10.4. The molecule has 0 radical (unpaired) electrons. The number of sulfonamides is 1. The lowest BCUT2D eigenvalue weighted by Gasteiger charge is -2.13. The summed E-state index contributed by atoms with van der Waals surface area (Å²) in [4.78, 5) is 0. The van der Waals surface area contributed by atoms with Gasteiger partial charge in [0.05, 0.1) is 6.20 Å². The Hall–Kier alpha value is -2.07. The fraction of sp³-hybridized carbons (Fsp3) is 0.182.